The van der Waals surface area contributed by atoms with Crippen LogP contribution in [0, 0.1) is 11.3 Å². The quantitative estimate of drug-likeness (QED) is 0.597. The number of anilines is 2. The fraction of sp³-hybridized carbons (Fsp3) is 0.208. The topological polar surface area (TPSA) is 76.4 Å². The molecule has 1 N–H and O–H groups in total. The number of nitrogens with one attached hydrogen (secondary N) is 1. The molecule has 2 aromatic carbocycles. The monoisotopic (exact) mass is 464 g/mol. The van der Waals surface area contributed by atoms with E-state index in [1.165, 1.54) is 11.3 Å². The minimum absolute atomic E-state index is 0.0880. The summed E-state index contributed by atoms with van der Waals surface area (Å²) < 4.78 is 0. The fourth-order valence-electron chi connectivity index (χ4n) is 3.65. The van der Waals surface area contributed by atoms with Gasteiger partial charge in [-0.25, -0.2) is 0 Å². The van der Waals surface area contributed by atoms with Gasteiger partial charge in [0.2, 0.25) is 0 Å². The molecular formula is C24H21ClN4O2S. The van der Waals surface area contributed by atoms with E-state index in [0.29, 0.717) is 46.3 Å². The molecule has 3 aromatic rings. The van der Waals surface area contributed by atoms with Gasteiger partial charge < -0.3 is 15.1 Å². The summed E-state index contributed by atoms with van der Waals surface area (Å²) in [4.78, 5) is 30.2. The Kier molecular flexibility index (Phi) is 6.74. The first kappa shape index (κ1) is 21.9. The normalized spacial score (nSPS) is 13.9. The summed E-state index contributed by atoms with van der Waals surface area (Å²) in [6.07, 6.45) is 0.835. The van der Waals surface area contributed by atoms with Gasteiger partial charge in [0.15, 0.2) is 0 Å². The van der Waals surface area contributed by atoms with Gasteiger partial charge in [-0.05, 0) is 60.3 Å². The minimum atomic E-state index is -0.251. The number of nitrogens with zero attached hydrogens (tertiary/aromatic N) is 3. The van der Waals surface area contributed by atoms with Crippen LogP contribution < -0.4 is 10.2 Å². The van der Waals surface area contributed by atoms with E-state index in [9.17, 15) is 9.59 Å². The van der Waals surface area contributed by atoms with Gasteiger partial charge in [-0.3, -0.25) is 9.59 Å². The predicted molar refractivity (Wildman–Crippen MR) is 128 cm³/mol. The minimum Gasteiger partial charge on any atom is -0.370 e. The van der Waals surface area contributed by atoms with Crippen LogP contribution in [-0.4, -0.2) is 42.9 Å². The highest BCUT2D eigenvalue weighted by atomic mass is 35.5. The zero-order chi connectivity index (χ0) is 22.5. The summed E-state index contributed by atoms with van der Waals surface area (Å²) in [6, 6.07) is 18.1. The van der Waals surface area contributed by atoms with Gasteiger partial charge in [0, 0.05) is 37.4 Å². The van der Waals surface area contributed by atoms with Crippen molar-refractivity contribution in [3.05, 3.63) is 81.0 Å². The average Bonchev–Trinajstić information content (AvgIpc) is 3.25. The van der Waals surface area contributed by atoms with E-state index in [1.54, 1.807) is 24.3 Å². The van der Waals surface area contributed by atoms with E-state index in [1.807, 2.05) is 40.6 Å². The summed E-state index contributed by atoms with van der Waals surface area (Å²) in [6.45, 7) is 2.76. The Morgan fingerprint density at radius 3 is 2.56 bits per heavy atom. The number of hydrogen-bond donors (Lipinski definition) is 1. The largest absolute Gasteiger partial charge is 0.370 e. The lowest BCUT2D eigenvalue weighted by atomic mass is 10.1. The van der Waals surface area contributed by atoms with Crippen molar-refractivity contribution in [2.45, 2.75) is 6.42 Å². The number of amides is 2. The molecule has 0 atom stereocenters. The van der Waals surface area contributed by atoms with Gasteiger partial charge in [0.1, 0.15) is 0 Å². The molecule has 8 heteroatoms. The van der Waals surface area contributed by atoms with E-state index in [0.717, 1.165) is 18.7 Å². The standard InChI is InChI=1S/C24H21ClN4O2S/c25-20-9-6-18(15-21(20)27-23(30)22-3-1-14-32-22)24(31)29-11-2-10-28(12-13-29)19-7-4-17(16-26)5-8-19/h1,3-9,14-15H,2,10-13H2,(H,27,30). The smallest absolute Gasteiger partial charge is 0.265 e. The summed E-state index contributed by atoms with van der Waals surface area (Å²) in [7, 11) is 0. The van der Waals surface area contributed by atoms with Crippen molar-refractivity contribution in [2.75, 3.05) is 36.4 Å². The highest BCUT2D eigenvalue weighted by Gasteiger charge is 2.22. The maximum absolute atomic E-state index is 13.2. The van der Waals surface area contributed by atoms with Crippen LogP contribution in [0.4, 0.5) is 11.4 Å². The molecule has 4 rings (SSSR count). The number of benzene rings is 2. The van der Waals surface area contributed by atoms with Crippen molar-refractivity contribution < 1.29 is 9.59 Å². The predicted octanol–water partition coefficient (Wildman–Crippen LogP) is 4.88. The molecule has 0 unspecified atom stereocenters. The maximum atomic E-state index is 13.2. The molecule has 32 heavy (non-hydrogen) atoms. The highest BCUT2D eigenvalue weighted by Crippen LogP contribution is 2.26. The van der Waals surface area contributed by atoms with Crippen LogP contribution in [0.1, 0.15) is 32.0 Å². The molecule has 0 bridgehead atoms. The van der Waals surface area contributed by atoms with Gasteiger partial charge >= 0.3 is 0 Å². The Labute approximate surface area is 195 Å². The third-order valence-corrected chi connectivity index (χ3v) is 6.55. The first-order chi connectivity index (χ1) is 15.5. The SMILES string of the molecule is N#Cc1ccc(N2CCCN(C(=O)c3ccc(Cl)c(NC(=O)c4cccs4)c3)CC2)cc1. The van der Waals surface area contributed by atoms with Crippen LogP contribution in [0.15, 0.2) is 60.0 Å². The number of nitriles is 1. The summed E-state index contributed by atoms with van der Waals surface area (Å²) in [5.74, 6) is -0.339. The van der Waals surface area contributed by atoms with Crippen molar-refractivity contribution in [2.24, 2.45) is 0 Å². The van der Waals surface area contributed by atoms with Crippen LogP contribution in [0.25, 0.3) is 0 Å². The lowest BCUT2D eigenvalue weighted by Crippen LogP contribution is -2.35. The molecule has 1 aromatic heterocycles. The van der Waals surface area contributed by atoms with Crippen molar-refractivity contribution in [3.8, 4) is 6.07 Å². The number of carbonyl (C=O) groups excluding carboxylic acids is 2. The average molecular weight is 465 g/mol. The first-order valence-electron chi connectivity index (χ1n) is 10.2. The summed E-state index contributed by atoms with van der Waals surface area (Å²) in [5, 5.41) is 14.0. The molecular weight excluding hydrogens is 444 g/mol. The lowest BCUT2D eigenvalue weighted by Gasteiger charge is -2.24. The van der Waals surface area contributed by atoms with Gasteiger partial charge in [-0.1, -0.05) is 17.7 Å². The molecule has 2 heterocycles. The van der Waals surface area contributed by atoms with Gasteiger partial charge in [-0.15, -0.1) is 11.3 Å². The third-order valence-electron chi connectivity index (χ3n) is 5.35. The Morgan fingerprint density at radius 1 is 1.03 bits per heavy atom. The van der Waals surface area contributed by atoms with Gasteiger partial charge in [-0.2, -0.15) is 5.26 Å². The maximum Gasteiger partial charge on any atom is 0.265 e. The molecule has 0 radical (unpaired) electrons. The zero-order valence-electron chi connectivity index (χ0n) is 17.3. The fourth-order valence-corrected chi connectivity index (χ4v) is 4.44. The Hall–Kier alpha value is -3.34. The molecule has 0 spiro atoms. The van der Waals surface area contributed by atoms with Crippen molar-refractivity contribution in [1.29, 1.82) is 5.26 Å². The van der Waals surface area contributed by atoms with Crippen molar-refractivity contribution in [3.63, 3.8) is 0 Å². The first-order valence-corrected chi connectivity index (χ1v) is 11.5. The molecule has 0 saturated carbocycles. The van der Waals surface area contributed by atoms with Crippen molar-refractivity contribution in [1.82, 2.24) is 4.90 Å². The molecule has 0 aliphatic carbocycles. The number of rotatable bonds is 4. The number of hydrogen-bond acceptors (Lipinski definition) is 5. The Bertz CT molecular complexity index is 1160. The number of halogens is 1. The molecule has 2 amide bonds. The zero-order valence-corrected chi connectivity index (χ0v) is 18.8. The highest BCUT2D eigenvalue weighted by molar-refractivity contribution is 7.12. The molecule has 6 nitrogen and oxygen atoms in total. The summed E-state index contributed by atoms with van der Waals surface area (Å²) in [5.41, 5.74) is 2.58. The van der Waals surface area contributed by atoms with Gasteiger partial charge in [0.25, 0.3) is 11.8 Å². The van der Waals surface area contributed by atoms with Crippen molar-refractivity contribution >= 4 is 46.1 Å². The Balaban J connectivity index is 1.44. The van der Waals surface area contributed by atoms with E-state index in [4.69, 9.17) is 16.9 Å². The molecule has 1 saturated heterocycles. The van der Waals surface area contributed by atoms with E-state index >= 15 is 0 Å². The van der Waals surface area contributed by atoms with E-state index < -0.39 is 0 Å². The number of carbonyl (C=O) groups is 2. The molecule has 1 aliphatic heterocycles. The van der Waals surface area contributed by atoms with Crippen LogP contribution in [0.5, 0.6) is 0 Å². The second kappa shape index (κ2) is 9.86. The molecule has 162 valence electrons. The van der Waals surface area contributed by atoms with Crippen LogP contribution >= 0.6 is 22.9 Å². The third kappa shape index (κ3) is 4.93. The number of thiophene rings is 1. The second-order valence-corrected chi connectivity index (χ2v) is 8.77. The lowest BCUT2D eigenvalue weighted by molar-refractivity contribution is 0.0766. The van der Waals surface area contributed by atoms with Gasteiger partial charge in [0.05, 0.1) is 27.2 Å². The molecule has 1 fully saturated rings. The van der Waals surface area contributed by atoms with Crippen LogP contribution in [-0.2, 0) is 0 Å². The molecule has 1 aliphatic rings. The summed E-state index contributed by atoms with van der Waals surface area (Å²) >= 11 is 7.61. The van der Waals surface area contributed by atoms with E-state index in [-0.39, 0.29) is 11.8 Å². The van der Waals surface area contributed by atoms with Crippen LogP contribution in [0.2, 0.25) is 5.02 Å². The van der Waals surface area contributed by atoms with E-state index in [2.05, 4.69) is 16.3 Å². The van der Waals surface area contributed by atoms with Crippen LogP contribution in [0.3, 0.4) is 0 Å². The Morgan fingerprint density at radius 2 is 1.84 bits per heavy atom. The second-order valence-electron chi connectivity index (χ2n) is 7.42.